The van der Waals surface area contributed by atoms with Gasteiger partial charge in [0.2, 0.25) is 0 Å². The first-order chi connectivity index (χ1) is 11.4. The highest BCUT2D eigenvalue weighted by Crippen LogP contribution is 2.09. The standard InChI is InChI=1S/C9H8O2.C9H10.C4H8/c1-2-7-5-3-4-6-8(7)9(10)11;1-2-6-9-7-4-3-5-8-9;1-4(2)3/h2-6H,1H2,(H,10,11);2-8H,1H3;1H2,2-3H3. The molecule has 0 saturated carbocycles. The molecule has 0 fully saturated rings. The lowest BCUT2D eigenvalue weighted by Crippen LogP contribution is -1.98. The van der Waals surface area contributed by atoms with Gasteiger partial charge in [-0.15, -0.1) is 6.58 Å². The number of carboxylic acid groups (broad SMARTS) is 1. The predicted molar refractivity (Wildman–Crippen MR) is 105 cm³/mol. The summed E-state index contributed by atoms with van der Waals surface area (Å²) in [7, 11) is 0. The summed E-state index contributed by atoms with van der Waals surface area (Å²) < 4.78 is 0. The quantitative estimate of drug-likeness (QED) is 0.670. The van der Waals surface area contributed by atoms with Gasteiger partial charge in [0.15, 0.2) is 0 Å². The van der Waals surface area contributed by atoms with Gasteiger partial charge in [0, 0.05) is 0 Å². The van der Waals surface area contributed by atoms with E-state index in [9.17, 15) is 4.79 Å². The molecule has 2 aromatic rings. The fraction of sp³-hybridized carbons (Fsp3) is 0.136. The predicted octanol–water partition coefficient (Wildman–Crippen LogP) is 6.33. The molecule has 0 aliphatic heterocycles. The van der Waals surface area contributed by atoms with Gasteiger partial charge in [0.1, 0.15) is 0 Å². The third-order valence-electron chi connectivity index (χ3n) is 2.57. The van der Waals surface area contributed by atoms with E-state index in [1.165, 1.54) is 17.2 Å². The molecule has 0 atom stereocenters. The van der Waals surface area contributed by atoms with Crippen molar-refractivity contribution >= 4 is 18.1 Å². The molecule has 0 amide bonds. The Hall–Kier alpha value is -2.87. The van der Waals surface area contributed by atoms with Gasteiger partial charge in [-0.25, -0.2) is 4.79 Å². The molecule has 2 rings (SSSR count). The fourth-order valence-corrected chi connectivity index (χ4v) is 1.63. The SMILES string of the molecule is C=C(C)C.C=Cc1ccccc1C(=O)O.CC=Cc1ccccc1. The number of hydrogen-bond donors (Lipinski definition) is 1. The zero-order valence-corrected chi connectivity index (χ0v) is 14.7. The third-order valence-corrected chi connectivity index (χ3v) is 2.57. The Balaban J connectivity index is 0.000000367. The van der Waals surface area contributed by atoms with Crippen LogP contribution in [-0.4, -0.2) is 11.1 Å². The smallest absolute Gasteiger partial charge is 0.336 e. The number of carboxylic acids is 1. The minimum atomic E-state index is -0.916. The number of benzene rings is 2. The first-order valence-corrected chi connectivity index (χ1v) is 7.67. The summed E-state index contributed by atoms with van der Waals surface area (Å²) in [6, 6.07) is 17.0. The first-order valence-electron chi connectivity index (χ1n) is 7.67. The van der Waals surface area contributed by atoms with Crippen molar-refractivity contribution in [2.45, 2.75) is 20.8 Å². The summed E-state index contributed by atoms with van der Waals surface area (Å²) in [5.74, 6) is -0.916. The Kier molecular flexibility index (Phi) is 11.1. The van der Waals surface area contributed by atoms with Gasteiger partial charge in [-0.3, -0.25) is 0 Å². The van der Waals surface area contributed by atoms with E-state index in [-0.39, 0.29) is 0 Å². The summed E-state index contributed by atoms with van der Waals surface area (Å²) in [5, 5.41) is 8.65. The summed E-state index contributed by atoms with van der Waals surface area (Å²) >= 11 is 0. The van der Waals surface area contributed by atoms with Crippen molar-refractivity contribution in [3.63, 3.8) is 0 Å². The van der Waals surface area contributed by atoms with E-state index in [1.54, 1.807) is 24.3 Å². The van der Waals surface area contributed by atoms with Gasteiger partial charge in [0.25, 0.3) is 0 Å². The Bertz CT molecular complexity index is 663. The lowest BCUT2D eigenvalue weighted by atomic mass is 10.1. The number of allylic oxidation sites excluding steroid dienone is 2. The zero-order valence-electron chi connectivity index (χ0n) is 14.7. The van der Waals surface area contributed by atoms with E-state index < -0.39 is 5.97 Å². The van der Waals surface area contributed by atoms with E-state index in [1.807, 2.05) is 45.0 Å². The Labute approximate surface area is 145 Å². The average molecular weight is 322 g/mol. The average Bonchev–Trinajstić information content (AvgIpc) is 2.56. The second kappa shape index (κ2) is 12.7. The van der Waals surface area contributed by atoms with Crippen molar-refractivity contribution in [1.29, 1.82) is 0 Å². The molecule has 0 radical (unpaired) electrons. The van der Waals surface area contributed by atoms with Gasteiger partial charge < -0.3 is 5.11 Å². The van der Waals surface area contributed by atoms with Gasteiger partial charge in [-0.05, 0) is 38.0 Å². The maximum absolute atomic E-state index is 10.5. The van der Waals surface area contributed by atoms with Crippen LogP contribution in [0.4, 0.5) is 0 Å². The lowest BCUT2D eigenvalue weighted by molar-refractivity contribution is 0.0696. The normalized spacial score (nSPS) is 9.12. The van der Waals surface area contributed by atoms with Crippen LogP contribution in [0.15, 0.2) is 79.4 Å². The van der Waals surface area contributed by atoms with Crippen LogP contribution in [-0.2, 0) is 0 Å². The molecule has 0 aromatic heterocycles. The van der Waals surface area contributed by atoms with Crippen LogP contribution in [0, 0.1) is 0 Å². The summed E-state index contributed by atoms with van der Waals surface area (Å²) in [5.41, 5.74) is 3.38. The van der Waals surface area contributed by atoms with E-state index in [4.69, 9.17) is 5.11 Å². The summed E-state index contributed by atoms with van der Waals surface area (Å²) in [4.78, 5) is 10.5. The molecular formula is C22H26O2. The van der Waals surface area contributed by atoms with Crippen molar-refractivity contribution in [2.24, 2.45) is 0 Å². The van der Waals surface area contributed by atoms with Gasteiger partial charge >= 0.3 is 5.97 Å². The van der Waals surface area contributed by atoms with Crippen LogP contribution in [0.5, 0.6) is 0 Å². The Morgan fingerprint density at radius 1 is 1.00 bits per heavy atom. The van der Waals surface area contributed by atoms with E-state index >= 15 is 0 Å². The lowest BCUT2D eigenvalue weighted by Gasteiger charge is -1.97. The second-order valence-corrected chi connectivity index (χ2v) is 5.21. The first kappa shape index (κ1) is 21.1. The zero-order chi connectivity index (χ0) is 18.4. The van der Waals surface area contributed by atoms with Gasteiger partial charge in [-0.1, -0.05) is 78.9 Å². The Morgan fingerprint density at radius 3 is 1.92 bits per heavy atom. The molecule has 0 saturated heterocycles. The van der Waals surface area contributed by atoms with Crippen LogP contribution in [0.2, 0.25) is 0 Å². The minimum Gasteiger partial charge on any atom is -0.478 e. The summed E-state index contributed by atoms with van der Waals surface area (Å²) in [6.07, 6.45) is 5.65. The van der Waals surface area contributed by atoms with Crippen molar-refractivity contribution in [3.05, 3.63) is 96.1 Å². The highest BCUT2D eigenvalue weighted by molar-refractivity contribution is 5.91. The molecule has 0 spiro atoms. The maximum atomic E-state index is 10.5. The van der Waals surface area contributed by atoms with Crippen LogP contribution in [0.1, 0.15) is 42.3 Å². The van der Waals surface area contributed by atoms with Crippen molar-refractivity contribution < 1.29 is 9.90 Å². The fourth-order valence-electron chi connectivity index (χ4n) is 1.63. The van der Waals surface area contributed by atoms with Gasteiger partial charge in [0.05, 0.1) is 5.56 Å². The second-order valence-electron chi connectivity index (χ2n) is 5.21. The molecule has 0 aliphatic carbocycles. The van der Waals surface area contributed by atoms with Crippen molar-refractivity contribution in [3.8, 4) is 0 Å². The monoisotopic (exact) mass is 322 g/mol. The van der Waals surface area contributed by atoms with Crippen LogP contribution in [0.3, 0.4) is 0 Å². The maximum Gasteiger partial charge on any atom is 0.336 e. The molecule has 0 aliphatic rings. The number of hydrogen-bond acceptors (Lipinski definition) is 1. The molecular weight excluding hydrogens is 296 g/mol. The molecule has 0 bridgehead atoms. The van der Waals surface area contributed by atoms with E-state index in [2.05, 4.69) is 31.4 Å². The largest absolute Gasteiger partial charge is 0.478 e. The topological polar surface area (TPSA) is 37.3 Å². The van der Waals surface area contributed by atoms with Crippen molar-refractivity contribution in [1.82, 2.24) is 0 Å². The highest BCUT2D eigenvalue weighted by atomic mass is 16.4. The third kappa shape index (κ3) is 9.96. The molecule has 2 aromatic carbocycles. The van der Waals surface area contributed by atoms with Crippen LogP contribution < -0.4 is 0 Å². The molecule has 0 heterocycles. The van der Waals surface area contributed by atoms with Crippen LogP contribution >= 0.6 is 0 Å². The number of rotatable bonds is 3. The molecule has 2 nitrogen and oxygen atoms in total. The van der Waals surface area contributed by atoms with Gasteiger partial charge in [-0.2, -0.15) is 0 Å². The molecule has 126 valence electrons. The van der Waals surface area contributed by atoms with Crippen molar-refractivity contribution in [2.75, 3.05) is 0 Å². The number of aromatic carboxylic acids is 1. The minimum absolute atomic E-state index is 0.294. The van der Waals surface area contributed by atoms with E-state index in [0.29, 0.717) is 11.1 Å². The number of carbonyl (C=O) groups is 1. The molecule has 1 N–H and O–H groups in total. The Morgan fingerprint density at radius 2 is 1.50 bits per heavy atom. The molecule has 2 heteroatoms. The summed E-state index contributed by atoms with van der Waals surface area (Å²) in [6.45, 7) is 13.0. The molecule has 24 heavy (non-hydrogen) atoms. The molecule has 0 unspecified atom stereocenters. The highest BCUT2D eigenvalue weighted by Gasteiger charge is 2.04. The van der Waals surface area contributed by atoms with E-state index in [0.717, 1.165) is 0 Å². The van der Waals surface area contributed by atoms with Crippen LogP contribution in [0.25, 0.3) is 12.2 Å².